The number of nitrogens with zero attached hydrogens (tertiary/aromatic N) is 1. The van der Waals surface area contributed by atoms with Gasteiger partial charge in [0.15, 0.2) is 0 Å². The summed E-state index contributed by atoms with van der Waals surface area (Å²) in [5.41, 5.74) is 8.58. The van der Waals surface area contributed by atoms with Gasteiger partial charge in [0.05, 0.1) is 11.1 Å². The Morgan fingerprint density at radius 3 is 2.50 bits per heavy atom. The Bertz CT molecular complexity index is 1040. The summed E-state index contributed by atoms with van der Waals surface area (Å²) in [5, 5.41) is 3.44. The van der Waals surface area contributed by atoms with E-state index in [1.807, 2.05) is 6.92 Å². The van der Waals surface area contributed by atoms with Gasteiger partial charge in [-0.25, -0.2) is 0 Å². The van der Waals surface area contributed by atoms with E-state index in [4.69, 9.17) is 5.73 Å². The van der Waals surface area contributed by atoms with Gasteiger partial charge >= 0.3 is 6.18 Å². The van der Waals surface area contributed by atoms with E-state index in [2.05, 4.69) is 10.3 Å². The van der Waals surface area contributed by atoms with Gasteiger partial charge in [-0.2, -0.15) is 13.2 Å². The standard InChI is InChI=1S/C21H18F3N3O/c1-2-15-12-18(25)17-11-16(8-9-19(17)26-15)27-20(28)10-5-13-3-6-14(7-4-13)21(22,23)24/h3-12H,2H2,1H3,(H2,25,26)(H,27,28)/b10-5+. The maximum Gasteiger partial charge on any atom is 0.416 e. The van der Waals surface area contributed by atoms with Crippen LogP contribution in [0.1, 0.15) is 23.7 Å². The number of carbonyl (C=O) groups excluding carboxylic acids is 1. The number of halogens is 3. The number of nitrogens with two attached hydrogens (primary N) is 1. The Hall–Kier alpha value is -3.35. The molecule has 0 atom stereocenters. The van der Waals surface area contributed by atoms with Gasteiger partial charge in [0, 0.05) is 28.5 Å². The number of fused-ring (bicyclic) bond motifs is 1. The zero-order valence-corrected chi connectivity index (χ0v) is 15.0. The normalized spacial score (nSPS) is 11.9. The monoisotopic (exact) mass is 385 g/mol. The summed E-state index contributed by atoms with van der Waals surface area (Å²) < 4.78 is 37.7. The summed E-state index contributed by atoms with van der Waals surface area (Å²) in [5.74, 6) is -0.407. The third kappa shape index (κ3) is 4.49. The van der Waals surface area contributed by atoms with Crippen LogP contribution in [0.5, 0.6) is 0 Å². The Kier molecular flexibility index (Phi) is 5.35. The first-order valence-corrected chi connectivity index (χ1v) is 8.62. The summed E-state index contributed by atoms with van der Waals surface area (Å²) in [6.07, 6.45) is -0.910. The van der Waals surface area contributed by atoms with Crippen molar-refractivity contribution in [2.45, 2.75) is 19.5 Å². The fourth-order valence-electron chi connectivity index (χ4n) is 2.71. The number of aryl methyl sites for hydroxylation is 1. The molecular weight excluding hydrogens is 367 g/mol. The molecule has 0 radical (unpaired) electrons. The lowest BCUT2D eigenvalue weighted by Crippen LogP contribution is -2.08. The molecule has 0 fully saturated rings. The molecule has 0 aliphatic heterocycles. The van der Waals surface area contributed by atoms with Crippen molar-refractivity contribution in [3.05, 3.63) is 71.4 Å². The van der Waals surface area contributed by atoms with Crippen LogP contribution in [0, 0.1) is 0 Å². The number of nitrogen functional groups attached to an aromatic ring is 1. The van der Waals surface area contributed by atoms with Gasteiger partial charge in [0.25, 0.3) is 0 Å². The SMILES string of the molecule is CCc1cc(N)c2cc(NC(=O)/C=C/c3ccc(C(F)(F)F)cc3)ccc2n1. The second-order valence-electron chi connectivity index (χ2n) is 6.23. The molecule has 144 valence electrons. The summed E-state index contributed by atoms with van der Waals surface area (Å²) in [6.45, 7) is 1.99. The quantitative estimate of drug-likeness (QED) is 0.618. The van der Waals surface area contributed by atoms with E-state index >= 15 is 0 Å². The van der Waals surface area contributed by atoms with E-state index in [0.29, 0.717) is 16.9 Å². The lowest BCUT2D eigenvalue weighted by Gasteiger charge is -2.08. The highest BCUT2D eigenvalue weighted by atomic mass is 19.4. The fraction of sp³-hybridized carbons (Fsp3) is 0.143. The predicted molar refractivity (Wildman–Crippen MR) is 105 cm³/mol. The Labute approximate surface area is 159 Å². The highest BCUT2D eigenvalue weighted by Gasteiger charge is 2.29. The van der Waals surface area contributed by atoms with Crippen LogP contribution in [0.4, 0.5) is 24.5 Å². The second-order valence-corrected chi connectivity index (χ2v) is 6.23. The summed E-state index contributed by atoms with van der Waals surface area (Å²) in [6, 6.07) is 11.6. The van der Waals surface area contributed by atoms with Crippen molar-refractivity contribution in [2.24, 2.45) is 0 Å². The second kappa shape index (κ2) is 7.72. The minimum atomic E-state index is -4.38. The molecule has 3 aromatic rings. The molecule has 7 heteroatoms. The largest absolute Gasteiger partial charge is 0.416 e. The highest BCUT2D eigenvalue weighted by Crippen LogP contribution is 2.29. The van der Waals surface area contributed by atoms with E-state index in [1.54, 1.807) is 24.3 Å². The minimum Gasteiger partial charge on any atom is -0.398 e. The van der Waals surface area contributed by atoms with Crippen LogP contribution in [0.25, 0.3) is 17.0 Å². The number of carbonyl (C=O) groups is 1. The van der Waals surface area contributed by atoms with Crippen molar-refractivity contribution in [2.75, 3.05) is 11.1 Å². The minimum absolute atomic E-state index is 0.407. The van der Waals surface area contributed by atoms with E-state index < -0.39 is 17.6 Å². The van der Waals surface area contributed by atoms with Crippen LogP contribution >= 0.6 is 0 Å². The first-order chi connectivity index (χ1) is 13.3. The van der Waals surface area contributed by atoms with Crippen LogP contribution in [-0.2, 0) is 17.4 Å². The third-order valence-electron chi connectivity index (χ3n) is 4.19. The van der Waals surface area contributed by atoms with Crippen molar-refractivity contribution < 1.29 is 18.0 Å². The number of amides is 1. The van der Waals surface area contributed by atoms with Crippen molar-refractivity contribution in [3.8, 4) is 0 Å². The van der Waals surface area contributed by atoms with Gasteiger partial charge in [0.1, 0.15) is 0 Å². The molecule has 3 N–H and O–H groups in total. The van der Waals surface area contributed by atoms with Gasteiger partial charge in [-0.15, -0.1) is 0 Å². The number of hydrogen-bond donors (Lipinski definition) is 2. The molecule has 0 saturated heterocycles. The molecule has 2 aromatic carbocycles. The molecule has 0 aliphatic rings. The smallest absolute Gasteiger partial charge is 0.398 e. The molecular formula is C21H18F3N3O. The summed E-state index contributed by atoms with van der Waals surface area (Å²) in [4.78, 5) is 16.6. The molecule has 3 rings (SSSR count). The number of anilines is 2. The van der Waals surface area contributed by atoms with Gasteiger partial charge in [0.2, 0.25) is 5.91 Å². The van der Waals surface area contributed by atoms with E-state index in [9.17, 15) is 18.0 Å². The van der Waals surface area contributed by atoms with Gasteiger partial charge in [-0.05, 0) is 54.5 Å². The molecule has 28 heavy (non-hydrogen) atoms. The maximum atomic E-state index is 12.6. The fourth-order valence-corrected chi connectivity index (χ4v) is 2.71. The Balaban J connectivity index is 1.72. The number of benzene rings is 2. The molecule has 0 bridgehead atoms. The van der Waals surface area contributed by atoms with E-state index in [1.165, 1.54) is 24.3 Å². The predicted octanol–water partition coefficient (Wildman–Crippen LogP) is 5.05. The number of aromatic nitrogens is 1. The maximum absolute atomic E-state index is 12.6. The summed E-state index contributed by atoms with van der Waals surface area (Å²) >= 11 is 0. The highest BCUT2D eigenvalue weighted by molar-refractivity contribution is 6.03. The van der Waals surface area contributed by atoms with Crippen molar-refractivity contribution in [1.29, 1.82) is 0 Å². The van der Waals surface area contributed by atoms with E-state index in [0.717, 1.165) is 35.2 Å². The van der Waals surface area contributed by atoms with Crippen molar-refractivity contribution in [3.63, 3.8) is 0 Å². The molecule has 0 aliphatic carbocycles. The van der Waals surface area contributed by atoms with E-state index in [-0.39, 0.29) is 0 Å². The molecule has 1 aromatic heterocycles. The molecule has 1 amide bonds. The number of pyridine rings is 1. The number of alkyl halides is 3. The average molecular weight is 385 g/mol. The zero-order chi connectivity index (χ0) is 20.3. The molecule has 1 heterocycles. The van der Waals surface area contributed by atoms with Crippen LogP contribution in [0.2, 0.25) is 0 Å². The van der Waals surface area contributed by atoms with Crippen molar-refractivity contribution in [1.82, 2.24) is 4.98 Å². The average Bonchev–Trinajstić information content (AvgIpc) is 2.66. The molecule has 0 spiro atoms. The van der Waals surface area contributed by atoms with Crippen molar-refractivity contribution >= 4 is 34.3 Å². The number of nitrogens with one attached hydrogen (secondary N) is 1. The Morgan fingerprint density at radius 2 is 1.86 bits per heavy atom. The lowest BCUT2D eigenvalue weighted by atomic mass is 10.1. The van der Waals surface area contributed by atoms with Crippen LogP contribution in [0.15, 0.2) is 54.6 Å². The molecule has 0 saturated carbocycles. The summed E-state index contributed by atoms with van der Waals surface area (Å²) in [7, 11) is 0. The number of rotatable bonds is 4. The first kappa shape index (κ1) is 19.4. The van der Waals surface area contributed by atoms with Crippen LogP contribution < -0.4 is 11.1 Å². The number of hydrogen-bond acceptors (Lipinski definition) is 3. The first-order valence-electron chi connectivity index (χ1n) is 8.62. The zero-order valence-electron chi connectivity index (χ0n) is 15.0. The van der Waals surface area contributed by atoms with Gasteiger partial charge < -0.3 is 11.1 Å². The Morgan fingerprint density at radius 1 is 1.14 bits per heavy atom. The van der Waals surface area contributed by atoms with Gasteiger partial charge in [-0.3, -0.25) is 9.78 Å². The molecule has 0 unspecified atom stereocenters. The molecule has 4 nitrogen and oxygen atoms in total. The topological polar surface area (TPSA) is 68.0 Å². The third-order valence-corrected chi connectivity index (χ3v) is 4.19. The lowest BCUT2D eigenvalue weighted by molar-refractivity contribution is -0.137. The van der Waals surface area contributed by atoms with Gasteiger partial charge in [-0.1, -0.05) is 19.1 Å². The van der Waals surface area contributed by atoms with Crippen LogP contribution in [-0.4, -0.2) is 10.9 Å². The van der Waals surface area contributed by atoms with Crippen LogP contribution in [0.3, 0.4) is 0 Å².